The summed E-state index contributed by atoms with van der Waals surface area (Å²) >= 11 is 9.53. The van der Waals surface area contributed by atoms with E-state index >= 15 is 0 Å². The van der Waals surface area contributed by atoms with Gasteiger partial charge < -0.3 is 5.32 Å². The van der Waals surface area contributed by atoms with Crippen molar-refractivity contribution in [2.24, 2.45) is 7.05 Å². The van der Waals surface area contributed by atoms with Crippen LogP contribution in [0.15, 0.2) is 41.1 Å². The smallest absolute Gasteiger partial charge is 0.275 e. The summed E-state index contributed by atoms with van der Waals surface area (Å²) in [5.41, 5.74) is 2.69. The molecule has 0 radical (unpaired) electrons. The van der Waals surface area contributed by atoms with Crippen LogP contribution in [0, 0.1) is 6.92 Å². The number of hydrogen-bond acceptors (Lipinski definition) is 3. The summed E-state index contributed by atoms with van der Waals surface area (Å²) in [7, 11) is 1.69. The van der Waals surface area contributed by atoms with E-state index in [1.165, 1.54) is 4.68 Å². The molecule has 2 aromatic heterocycles. The van der Waals surface area contributed by atoms with Crippen LogP contribution in [0.4, 0.5) is 5.69 Å². The summed E-state index contributed by atoms with van der Waals surface area (Å²) in [4.78, 5) is 12.5. The molecule has 0 bridgehead atoms. The highest BCUT2D eigenvalue weighted by molar-refractivity contribution is 9.10. The molecule has 0 unspecified atom stereocenters. The van der Waals surface area contributed by atoms with Gasteiger partial charge in [-0.05, 0) is 40.5 Å². The molecule has 0 aliphatic heterocycles. The fourth-order valence-electron chi connectivity index (χ4n) is 2.43. The zero-order valence-corrected chi connectivity index (χ0v) is 15.5. The number of aromatic nitrogens is 4. The van der Waals surface area contributed by atoms with Gasteiger partial charge in [0.2, 0.25) is 0 Å². The third-order valence-corrected chi connectivity index (χ3v) is 4.36. The van der Waals surface area contributed by atoms with Crippen molar-refractivity contribution < 1.29 is 4.79 Å². The average Bonchev–Trinajstić information content (AvgIpc) is 3.03. The molecule has 24 heavy (non-hydrogen) atoms. The molecule has 0 aliphatic carbocycles. The van der Waals surface area contributed by atoms with Crippen LogP contribution in [0.25, 0.3) is 0 Å². The van der Waals surface area contributed by atoms with E-state index in [0.717, 1.165) is 10.0 Å². The van der Waals surface area contributed by atoms with E-state index in [0.29, 0.717) is 28.6 Å². The molecule has 0 saturated heterocycles. The molecule has 0 fully saturated rings. The lowest BCUT2D eigenvalue weighted by Crippen LogP contribution is -2.16. The first-order valence-electron chi connectivity index (χ1n) is 7.21. The van der Waals surface area contributed by atoms with Gasteiger partial charge in [-0.2, -0.15) is 10.2 Å². The van der Waals surface area contributed by atoms with Crippen LogP contribution in [-0.2, 0) is 13.6 Å². The summed E-state index contributed by atoms with van der Waals surface area (Å²) < 4.78 is 4.22. The maximum atomic E-state index is 12.5. The third kappa shape index (κ3) is 3.52. The van der Waals surface area contributed by atoms with Crippen molar-refractivity contribution >= 4 is 39.1 Å². The molecule has 0 atom stereocenters. The standard InChI is InChI=1S/C16H15BrClN5O/c1-10-14(18)15(22(2)21-10)16(24)20-13-5-3-4-11(6-13)8-23-9-12(17)7-19-23/h3-7,9H,8H2,1-2H3,(H,20,24). The van der Waals surface area contributed by atoms with Crippen molar-refractivity contribution in [3.63, 3.8) is 0 Å². The number of aryl methyl sites for hydroxylation is 2. The van der Waals surface area contributed by atoms with Crippen LogP contribution >= 0.6 is 27.5 Å². The first kappa shape index (κ1) is 16.7. The first-order valence-corrected chi connectivity index (χ1v) is 8.38. The SMILES string of the molecule is Cc1nn(C)c(C(=O)Nc2cccc(Cn3cc(Br)cn3)c2)c1Cl. The highest BCUT2D eigenvalue weighted by Crippen LogP contribution is 2.21. The number of rotatable bonds is 4. The van der Waals surface area contributed by atoms with Crippen molar-refractivity contribution in [2.45, 2.75) is 13.5 Å². The molecule has 1 aromatic carbocycles. The van der Waals surface area contributed by atoms with Crippen molar-refractivity contribution in [2.75, 3.05) is 5.32 Å². The lowest BCUT2D eigenvalue weighted by molar-refractivity contribution is 0.101. The first-order chi connectivity index (χ1) is 11.4. The van der Waals surface area contributed by atoms with Crippen molar-refractivity contribution in [1.29, 1.82) is 0 Å². The number of anilines is 1. The maximum absolute atomic E-state index is 12.5. The molecule has 0 saturated carbocycles. The number of benzene rings is 1. The second-order valence-corrected chi connectivity index (χ2v) is 6.68. The van der Waals surface area contributed by atoms with Gasteiger partial charge in [-0.25, -0.2) is 0 Å². The molecule has 2 heterocycles. The van der Waals surface area contributed by atoms with Crippen molar-refractivity contribution in [1.82, 2.24) is 19.6 Å². The van der Waals surface area contributed by atoms with Gasteiger partial charge in [-0.3, -0.25) is 14.2 Å². The number of amides is 1. The average molecular weight is 409 g/mol. The Morgan fingerprint density at radius 3 is 2.83 bits per heavy atom. The Labute approximate surface area is 152 Å². The molecule has 124 valence electrons. The predicted molar refractivity (Wildman–Crippen MR) is 96.4 cm³/mol. The topological polar surface area (TPSA) is 64.7 Å². The largest absolute Gasteiger partial charge is 0.321 e. The number of nitrogens with zero attached hydrogens (tertiary/aromatic N) is 4. The van der Waals surface area contributed by atoms with E-state index in [1.807, 2.05) is 35.1 Å². The molecule has 1 amide bonds. The maximum Gasteiger partial charge on any atom is 0.275 e. The Balaban J connectivity index is 1.78. The number of halogens is 2. The zero-order valence-electron chi connectivity index (χ0n) is 13.1. The van der Waals surface area contributed by atoms with Gasteiger partial charge in [0.25, 0.3) is 5.91 Å². The molecular weight excluding hydrogens is 394 g/mol. The third-order valence-electron chi connectivity index (χ3n) is 3.50. The highest BCUT2D eigenvalue weighted by Gasteiger charge is 2.18. The van der Waals surface area contributed by atoms with E-state index in [1.54, 1.807) is 20.2 Å². The predicted octanol–water partition coefficient (Wildman–Crippen LogP) is 3.64. The van der Waals surface area contributed by atoms with E-state index < -0.39 is 0 Å². The number of carbonyl (C=O) groups excluding carboxylic acids is 1. The fourth-order valence-corrected chi connectivity index (χ4v) is 3.00. The molecule has 1 N–H and O–H groups in total. The van der Waals surface area contributed by atoms with E-state index in [-0.39, 0.29) is 5.91 Å². The van der Waals surface area contributed by atoms with E-state index in [9.17, 15) is 4.79 Å². The van der Waals surface area contributed by atoms with Crippen LogP contribution in [0.2, 0.25) is 5.02 Å². The summed E-state index contributed by atoms with van der Waals surface area (Å²) in [5.74, 6) is -0.290. The quantitative estimate of drug-likeness (QED) is 0.717. The monoisotopic (exact) mass is 407 g/mol. The van der Waals surface area contributed by atoms with Gasteiger partial charge in [-0.15, -0.1) is 0 Å². The van der Waals surface area contributed by atoms with Crippen LogP contribution in [0.3, 0.4) is 0 Å². The molecule has 0 aliphatic rings. The lowest BCUT2D eigenvalue weighted by Gasteiger charge is -2.08. The van der Waals surface area contributed by atoms with Crippen molar-refractivity contribution in [3.8, 4) is 0 Å². The number of nitrogens with one attached hydrogen (secondary N) is 1. The normalized spacial score (nSPS) is 10.8. The van der Waals surface area contributed by atoms with E-state index in [2.05, 4.69) is 31.4 Å². The molecule has 8 heteroatoms. The van der Waals surface area contributed by atoms with Gasteiger partial charge in [0.1, 0.15) is 5.69 Å². The molecule has 6 nitrogen and oxygen atoms in total. The zero-order chi connectivity index (χ0) is 17.3. The highest BCUT2D eigenvalue weighted by atomic mass is 79.9. The van der Waals surface area contributed by atoms with Gasteiger partial charge in [0, 0.05) is 18.9 Å². The minimum absolute atomic E-state index is 0.290. The number of carbonyl (C=O) groups is 1. The Kier molecular flexibility index (Phi) is 4.73. The summed E-state index contributed by atoms with van der Waals surface area (Å²) in [6, 6.07) is 7.61. The van der Waals surface area contributed by atoms with Crippen LogP contribution in [0.5, 0.6) is 0 Å². The second-order valence-electron chi connectivity index (χ2n) is 5.38. The van der Waals surface area contributed by atoms with Crippen LogP contribution in [0.1, 0.15) is 21.7 Å². The van der Waals surface area contributed by atoms with Gasteiger partial charge >= 0.3 is 0 Å². The summed E-state index contributed by atoms with van der Waals surface area (Å²) in [6.45, 7) is 2.38. The second kappa shape index (κ2) is 6.78. The van der Waals surface area contributed by atoms with Crippen LogP contribution in [-0.4, -0.2) is 25.5 Å². The molecule has 3 aromatic rings. The Bertz CT molecular complexity index is 902. The van der Waals surface area contributed by atoms with Gasteiger partial charge in [0.15, 0.2) is 0 Å². The summed E-state index contributed by atoms with van der Waals surface area (Å²) in [6.07, 6.45) is 3.63. The molecular formula is C16H15BrClN5O. The minimum Gasteiger partial charge on any atom is -0.321 e. The van der Waals surface area contributed by atoms with Crippen molar-refractivity contribution in [3.05, 3.63) is 63.1 Å². The molecule has 0 spiro atoms. The lowest BCUT2D eigenvalue weighted by atomic mass is 10.2. The van der Waals surface area contributed by atoms with Gasteiger partial charge in [0.05, 0.1) is 27.9 Å². The minimum atomic E-state index is -0.290. The Morgan fingerprint density at radius 1 is 1.42 bits per heavy atom. The Morgan fingerprint density at radius 2 is 2.21 bits per heavy atom. The van der Waals surface area contributed by atoms with Crippen LogP contribution < -0.4 is 5.32 Å². The van der Waals surface area contributed by atoms with E-state index in [4.69, 9.17) is 11.6 Å². The van der Waals surface area contributed by atoms with Gasteiger partial charge in [-0.1, -0.05) is 23.7 Å². The fraction of sp³-hybridized carbons (Fsp3) is 0.188. The Hall–Kier alpha value is -2.12. The molecule has 3 rings (SSSR count). The summed E-state index contributed by atoms with van der Waals surface area (Å²) in [5, 5.41) is 11.6. The number of hydrogen-bond donors (Lipinski definition) is 1.